The van der Waals surface area contributed by atoms with Gasteiger partial charge in [-0.2, -0.15) is 13.2 Å². The van der Waals surface area contributed by atoms with E-state index in [9.17, 15) is 26.0 Å². The molecular weight excluding hydrogens is 288 g/mol. The molecule has 0 saturated heterocycles. The molecule has 108 valence electrons. The van der Waals surface area contributed by atoms with E-state index in [1.807, 2.05) is 0 Å². The highest BCUT2D eigenvalue weighted by Crippen LogP contribution is 2.19. The van der Waals surface area contributed by atoms with Gasteiger partial charge in [0, 0.05) is 18.7 Å². The lowest BCUT2D eigenvalue weighted by Gasteiger charge is -2.10. The average molecular weight is 300 g/mol. The van der Waals surface area contributed by atoms with E-state index in [1.54, 1.807) is 4.72 Å². The summed E-state index contributed by atoms with van der Waals surface area (Å²) in [5, 5.41) is 0. The first-order valence-corrected chi connectivity index (χ1v) is 6.69. The van der Waals surface area contributed by atoms with Gasteiger partial charge in [-0.3, -0.25) is 0 Å². The number of hydrogen-bond donors (Lipinski definition) is 2. The van der Waals surface area contributed by atoms with E-state index < -0.39 is 35.0 Å². The predicted molar refractivity (Wildman–Crippen MR) is 60.2 cm³/mol. The first-order valence-electron chi connectivity index (χ1n) is 5.20. The summed E-state index contributed by atoms with van der Waals surface area (Å²) in [6.07, 6.45) is -5.73. The quantitative estimate of drug-likeness (QED) is 0.810. The van der Waals surface area contributed by atoms with Gasteiger partial charge in [-0.05, 0) is 18.2 Å². The average Bonchev–Trinajstić information content (AvgIpc) is 2.27. The van der Waals surface area contributed by atoms with Gasteiger partial charge in [0.15, 0.2) is 0 Å². The predicted octanol–water partition coefficient (Wildman–Crippen LogP) is 1.52. The number of rotatable bonds is 5. The summed E-state index contributed by atoms with van der Waals surface area (Å²) >= 11 is 0. The molecule has 0 radical (unpaired) electrons. The molecule has 0 aromatic heterocycles. The highest BCUT2D eigenvalue weighted by atomic mass is 32.2. The van der Waals surface area contributed by atoms with Crippen molar-refractivity contribution < 1.29 is 26.0 Å². The number of nitrogens with two attached hydrogens (primary N) is 1. The highest BCUT2D eigenvalue weighted by molar-refractivity contribution is 7.89. The standard InChI is InChI=1S/C10H12F4N2O2S/c11-9-2-1-8(5-7(9)6-15)19(17,18)16-4-3-10(12,13)14/h1-2,5,16H,3-4,6,15H2. The van der Waals surface area contributed by atoms with E-state index in [0.717, 1.165) is 18.2 Å². The molecule has 0 aliphatic heterocycles. The summed E-state index contributed by atoms with van der Waals surface area (Å²) in [5.74, 6) is -0.670. The van der Waals surface area contributed by atoms with Gasteiger partial charge in [0.05, 0.1) is 11.3 Å². The number of benzene rings is 1. The lowest BCUT2D eigenvalue weighted by Crippen LogP contribution is -2.28. The van der Waals surface area contributed by atoms with Gasteiger partial charge in [0.1, 0.15) is 5.82 Å². The maximum absolute atomic E-state index is 13.1. The summed E-state index contributed by atoms with van der Waals surface area (Å²) in [4.78, 5) is -0.323. The minimum Gasteiger partial charge on any atom is -0.326 e. The van der Waals surface area contributed by atoms with Crippen LogP contribution in [0.15, 0.2) is 23.1 Å². The van der Waals surface area contributed by atoms with Crippen molar-refractivity contribution in [2.45, 2.75) is 24.0 Å². The summed E-state index contributed by atoms with van der Waals surface area (Å²) in [6.45, 7) is -0.987. The molecule has 0 aliphatic carbocycles. The molecule has 0 spiro atoms. The van der Waals surface area contributed by atoms with Crippen molar-refractivity contribution in [2.75, 3.05) is 6.54 Å². The lowest BCUT2D eigenvalue weighted by molar-refractivity contribution is -0.132. The molecule has 0 unspecified atom stereocenters. The molecule has 1 rings (SSSR count). The zero-order chi connectivity index (χ0) is 14.7. The number of nitrogens with one attached hydrogen (secondary N) is 1. The first kappa shape index (κ1) is 15.9. The number of halogens is 4. The lowest BCUT2D eigenvalue weighted by atomic mass is 10.2. The fraction of sp³-hybridized carbons (Fsp3) is 0.400. The van der Waals surface area contributed by atoms with E-state index >= 15 is 0 Å². The van der Waals surface area contributed by atoms with Gasteiger partial charge >= 0.3 is 6.18 Å². The Bertz CT molecular complexity index is 543. The van der Waals surface area contributed by atoms with Crippen molar-refractivity contribution in [3.63, 3.8) is 0 Å². The maximum atomic E-state index is 13.1. The fourth-order valence-electron chi connectivity index (χ4n) is 1.29. The van der Waals surface area contributed by atoms with Crippen molar-refractivity contribution in [3.05, 3.63) is 29.6 Å². The number of sulfonamides is 1. The fourth-order valence-corrected chi connectivity index (χ4v) is 2.37. The Morgan fingerprint density at radius 3 is 2.42 bits per heavy atom. The van der Waals surface area contributed by atoms with Gasteiger partial charge in [-0.25, -0.2) is 17.5 Å². The van der Waals surface area contributed by atoms with Crippen LogP contribution in [0.3, 0.4) is 0 Å². The Balaban J connectivity index is 2.83. The molecule has 0 fully saturated rings. The Morgan fingerprint density at radius 1 is 1.26 bits per heavy atom. The molecule has 9 heteroatoms. The smallest absolute Gasteiger partial charge is 0.326 e. The summed E-state index contributed by atoms with van der Waals surface area (Å²) in [5.41, 5.74) is 5.19. The third-order valence-electron chi connectivity index (χ3n) is 2.25. The Hall–Kier alpha value is -1.19. The first-order chi connectivity index (χ1) is 8.65. The molecule has 0 saturated carbocycles. The Labute approximate surface area is 107 Å². The SMILES string of the molecule is NCc1cc(S(=O)(=O)NCCC(F)(F)F)ccc1F. The molecule has 3 N–H and O–H groups in total. The van der Waals surface area contributed by atoms with Crippen molar-refractivity contribution in [2.24, 2.45) is 5.73 Å². The second-order valence-corrected chi connectivity index (χ2v) is 5.49. The minimum absolute atomic E-state index is 0.0290. The zero-order valence-electron chi connectivity index (χ0n) is 9.67. The van der Waals surface area contributed by atoms with E-state index in [1.165, 1.54) is 0 Å². The molecular formula is C10H12F4N2O2S. The summed E-state index contributed by atoms with van der Waals surface area (Å²) in [7, 11) is -4.10. The molecule has 0 heterocycles. The third kappa shape index (κ3) is 4.77. The van der Waals surface area contributed by atoms with E-state index in [-0.39, 0.29) is 17.0 Å². The van der Waals surface area contributed by atoms with Crippen molar-refractivity contribution in [1.82, 2.24) is 4.72 Å². The monoisotopic (exact) mass is 300 g/mol. The van der Waals surface area contributed by atoms with Crippen LogP contribution in [0.1, 0.15) is 12.0 Å². The van der Waals surface area contributed by atoms with Crippen LogP contribution < -0.4 is 10.5 Å². The molecule has 0 amide bonds. The molecule has 0 bridgehead atoms. The molecule has 1 aromatic carbocycles. The van der Waals surface area contributed by atoms with Crippen LogP contribution in [0.5, 0.6) is 0 Å². The van der Waals surface area contributed by atoms with Crippen LogP contribution in [0.4, 0.5) is 17.6 Å². The van der Waals surface area contributed by atoms with Gasteiger partial charge in [-0.1, -0.05) is 0 Å². The molecule has 1 aromatic rings. The van der Waals surface area contributed by atoms with Gasteiger partial charge in [0.2, 0.25) is 10.0 Å². The minimum atomic E-state index is -4.45. The molecule has 19 heavy (non-hydrogen) atoms. The highest BCUT2D eigenvalue weighted by Gasteiger charge is 2.27. The largest absolute Gasteiger partial charge is 0.390 e. The Morgan fingerprint density at radius 2 is 1.89 bits per heavy atom. The van der Waals surface area contributed by atoms with E-state index in [0.29, 0.717) is 0 Å². The number of hydrogen-bond acceptors (Lipinski definition) is 3. The van der Waals surface area contributed by atoms with Crippen LogP contribution in [-0.4, -0.2) is 21.1 Å². The van der Waals surface area contributed by atoms with Crippen LogP contribution in [0.25, 0.3) is 0 Å². The van der Waals surface area contributed by atoms with Crippen molar-refractivity contribution in [1.29, 1.82) is 0 Å². The van der Waals surface area contributed by atoms with Gasteiger partial charge in [-0.15, -0.1) is 0 Å². The van der Waals surface area contributed by atoms with Crippen molar-refractivity contribution >= 4 is 10.0 Å². The zero-order valence-corrected chi connectivity index (χ0v) is 10.5. The maximum Gasteiger partial charge on any atom is 0.390 e. The van der Waals surface area contributed by atoms with E-state index in [4.69, 9.17) is 5.73 Å². The van der Waals surface area contributed by atoms with E-state index in [2.05, 4.69) is 0 Å². The molecule has 4 nitrogen and oxygen atoms in total. The van der Waals surface area contributed by atoms with Crippen LogP contribution in [0, 0.1) is 5.82 Å². The second kappa shape index (κ2) is 5.85. The second-order valence-electron chi connectivity index (χ2n) is 3.72. The number of alkyl halides is 3. The van der Waals surface area contributed by atoms with Gasteiger partial charge in [0.25, 0.3) is 0 Å². The third-order valence-corrected chi connectivity index (χ3v) is 3.71. The summed E-state index contributed by atoms with van der Waals surface area (Å²) in [6, 6.07) is 2.86. The van der Waals surface area contributed by atoms with Crippen LogP contribution >= 0.6 is 0 Å². The molecule has 0 atom stereocenters. The van der Waals surface area contributed by atoms with Crippen LogP contribution in [-0.2, 0) is 16.6 Å². The van der Waals surface area contributed by atoms with Crippen LogP contribution in [0.2, 0.25) is 0 Å². The topological polar surface area (TPSA) is 72.2 Å². The van der Waals surface area contributed by atoms with Gasteiger partial charge < -0.3 is 5.73 Å². The normalized spacial score (nSPS) is 12.7. The summed E-state index contributed by atoms with van der Waals surface area (Å²) < 4.78 is 73.9. The van der Waals surface area contributed by atoms with Crippen molar-refractivity contribution in [3.8, 4) is 0 Å². The molecule has 0 aliphatic rings. The Kier molecular flexibility index (Phi) is 4.88.